The molecule has 1 aromatic carbocycles. The second-order valence-corrected chi connectivity index (χ2v) is 4.28. The Hall–Kier alpha value is -1.07. The molecule has 0 amide bonds. The minimum absolute atomic E-state index is 0.192. The lowest BCUT2D eigenvalue weighted by molar-refractivity contribution is 0.0443. The van der Waals surface area contributed by atoms with Gasteiger partial charge in [0, 0.05) is 12.1 Å². The van der Waals surface area contributed by atoms with Gasteiger partial charge < -0.3 is 15.6 Å². The number of halogens is 1. The van der Waals surface area contributed by atoms with Crippen molar-refractivity contribution in [1.82, 2.24) is 0 Å². The second kappa shape index (κ2) is 5.86. The molecule has 0 saturated carbocycles. The number of benzene rings is 1. The van der Waals surface area contributed by atoms with Crippen molar-refractivity contribution in [2.24, 2.45) is 0 Å². The minimum atomic E-state index is -0.475. The van der Waals surface area contributed by atoms with Crippen LogP contribution in [0.4, 0.5) is 5.69 Å². The summed E-state index contributed by atoms with van der Waals surface area (Å²) in [5.41, 5.74) is 6.53. The fraction of sp³-hybridized carbons (Fsp3) is 0.364. The predicted molar refractivity (Wildman–Crippen MR) is 65.1 cm³/mol. The molecule has 0 aromatic heterocycles. The molecule has 0 bridgehead atoms. The van der Waals surface area contributed by atoms with Crippen LogP contribution in [0.15, 0.2) is 22.7 Å². The molecule has 0 aliphatic heterocycles. The van der Waals surface area contributed by atoms with Gasteiger partial charge in [-0.3, -0.25) is 0 Å². The number of carbonyl (C=O) groups is 1. The number of ether oxygens (including phenoxy) is 1. The Morgan fingerprint density at radius 3 is 2.94 bits per heavy atom. The topological polar surface area (TPSA) is 72.5 Å². The first-order chi connectivity index (χ1) is 7.52. The molecule has 88 valence electrons. The van der Waals surface area contributed by atoms with Crippen LogP contribution in [-0.4, -0.2) is 23.8 Å². The third-order valence-electron chi connectivity index (χ3n) is 2.02. The third-order valence-corrected chi connectivity index (χ3v) is 2.90. The molecule has 3 N–H and O–H groups in total. The second-order valence-electron chi connectivity index (χ2n) is 3.48. The number of aliphatic hydroxyl groups excluding tert-OH is 1. The van der Waals surface area contributed by atoms with Gasteiger partial charge in [0.05, 0.1) is 22.7 Å². The SMILES string of the molecule is CC(O)CCOC(=O)c1cccc(N)c1Br. The van der Waals surface area contributed by atoms with Gasteiger partial charge in [-0.05, 0) is 35.0 Å². The third kappa shape index (κ3) is 3.50. The van der Waals surface area contributed by atoms with Crippen molar-refractivity contribution in [3.05, 3.63) is 28.2 Å². The molecule has 0 spiro atoms. The highest BCUT2D eigenvalue weighted by molar-refractivity contribution is 9.10. The van der Waals surface area contributed by atoms with Gasteiger partial charge in [-0.1, -0.05) is 6.07 Å². The molecule has 0 aliphatic carbocycles. The van der Waals surface area contributed by atoms with Gasteiger partial charge in [0.2, 0.25) is 0 Å². The van der Waals surface area contributed by atoms with Crippen molar-refractivity contribution in [3.8, 4) is 0 Å². The standard InChI is InChI=1S/C11H14BrNO3/c1-7(14)5-6-16-11(15)8-3-2-4-9(13)10(8)12/h2-4,7,14H,5-6,13H2,1H3. The molecule has 5 heteroatoms. The van der Waals surface area contributed by atoms with Crippen molar-refractivity contribution in [1.29, 1.82) is 0 Å². The zero-order valence-corrected chi connectivity index (χ0v) is 10.5. The van der Waals surface area contributed by atoms with Crippen LogP contribution in [0.5, 0.6) is 0 Å². The van der Waals surface area contributed by atoms with E-state index in [1.807, 2.05) is 0 Å². The number of rotatable bonds is 4. The predicted octanol–water partition coefficient (Wildman–Crippen LogP) is 1.96. The maximum absolute atomic E-state index is 11.6. The van der Waals surface area contributed by atoms with E-state index in [0.29, 0.717) is 22.1 Å². The lowest BCUT2D eigenvalue weighted by Gasteiger charge is -2.08. The number of carbonyl (C=O) groups excluding carboxylic acids is 1. The number of hydrogen-bond acceptors (Lipinski definition) is 4. The summed E-state index contributed by atoms with van der Waals surface area (Å²) in [6.45, 7) is 1.84. The highest BCUT2D eigenvalue weighted by atomic mass is 79.9. The quantitative estimate of drug-likeness (QED) is 0.656. The molecule has 1 unspecified atom stereocenters. The lowest BCUT2D eigenvalue weighted by Crippen LogP contribution is -2.11. The maximum Gasteiger partial charge on any atom is 0.339 e. The zero-order valence-electron chi connectivity index (χ0n) is 8.94. The van der Waals surface area contributed by atoms with Gasteiger partial charge in [0.1, 0.15) is 0 Å². The number of anilines is 1. The van der Waals surface area contributed by atoms with Crippen LogP contribution in [0, 0.1) is 0 Å². The molecule has 0 fully saturated rings. The number of nitrogen functional groups attached to an aromatic ring is 1. The number of nitrogens with two attached hydrogens (primary N) is 1. The molecular weight excluding hydrogens is 274 g/mol. The molecule has 0 heterocycles. The van der Waals surface area contributed by atoms with Gasteiger partial charge in [0.25, 0.3) is 0 Å². The Bertz CT molecular complexity index is 379. The highest BCUT2D eigenvalue weighted by Gasteiger charge is 2.13. The van der Waals surface area contributed by atoms with Gasteiger partial charge in [-0.15, -0.1) is 0 Å². The fourth-order valence-electron chi connectivity index (χ4n) is 1.11. The van der Waals surface area contributed by atoms with E-state index < -0.39 is 12.1 Å². The first kappa shape index (κ1) is 13.0. The Kier molecular flexibility index (Phi) is 4.76. The van der Waals surface area contributed by atoms with Crippen LogP contribution < -0.4 is 5.73 Å². The van der Waals surface area contributed by atoms with Crippen molar-refractivity contribution >= 4 is 27.6 Å². The zero-order chi connectivity index (χ0) is 12.1. The van der Waals surface area contributed by atoms with Gasteiger partial charge in [-0.25, -0.2) is 4.79 Å². The van der Waals surface area contributed by atoms with E-state index >= 15 is 0 Å². The number of esters is 1. The number of hydrogen-bond donors (Lipinski definition) is 2. The smallest absolute Gasteiger partial charge is 0.339 e. The Morgan fingerprint density at radius 1 is 1.62 bits per heavy atom. The molecule has 4 nitrogen and oxygen atoms in total. The fourth-order valence-corrected chi connectivity index (χ4v) is 1.53. The summed E-state index contributed by atoms with van der Waals surface area (Å²) in [7, 11) is 0. The normalized spacial score (nSPS) is 12.2. The summed E-state index contributed by atoms with van der Waals surface area (Å²) in [5, 5.41) is 9.01. The molecule has 1 aromatic rings. The maximum atomic E-state index is 11.6. The van der Waals surface area contributed by atoms with Crippen LogP contribution in [-0.2, 0) is 4.74 Å². The van der Waals surface area contributed by atoms with Crippen LogP contribution in [0.3, 0.4) is 0 Å². The largest absolute Gasteiger partial charge is 0.462 e. The van der Waals surface area contributed by atoms with E-state index in [-0.39, 0.29) is 6.61 Å². The summed E-state index contributed by atoms with van der Waals surface area (Å²) in [4.78, 5) is 11.6. The Labute approximate surface area is 103 Å². The first-order valence-corrected chi connectivity index (χ1v) is 5.71. The van der Waals surface area contributed by atoms with E-state index in [0.717, 1.165) is 0 Å². The molecular formula is C11H14BrNO3. The van der Waals surface area contributed by atoms with Crippen LogP contribution >= 0.6 is 15.9 Å². The molecule has 0 radical (unpaired) electrons. The van der Waals surface area contributed by atoms with E-state index in [4.69, 9.17) is 15.6 Å². The minimum Gasteiger partial charge on any atom is -0.462 e. The molecule has 16 heavy (non-hydrogen) atoms. The summed E-state index contributed by atoms with van der Waals surface area (Å²) < 4.78 is 5.53. The Morgan fingerprint density at radius 2 is 2.31 bits per heavy atom. The monoisotopic (exact) mass is 287 g/mol. The van der Waals surface area contributed by atoms with E-state index in [1.165, 1.54) is 0 Å². The van der Waals surface area contributed by atoms with Crippen LogP contribution in [0.2, 0.25) is 0 Å². The molecule has 0 saturated heterocycles. The van der Waals surface area contributed by atoms with Gasteiger partial charge in [-0.2, -0.15) is 0 Å². The van der Waals surface area contributed by atoms with Crippen LogP contribution in [0.25, 0.3) is 0 Å². The molecule has 1 rings (SSSR count). The first-order valence-electron chi connectivity index (χ1n) is 4.91. The summed E-state index contributed by atoms with van der Waals surface area (Å²) in [5.74, 6) is -0.445. The average Bonchev–Trinajstić information content (AvgIpc) is 2.21. The van der Waals surface area contributed by atoms with Gasteiger partial charge >= 0.3 is 5.97 Å². The lowest BCUT2D eigenvalue weighted by atomic mass is 10.2. The highest BCUT2D eigenvalue weighted by Crippen LogP contribution is 2.24. The van der Waals surface area contributed by atoms with Crippen molar-refractivity contribution in [3.63, 3.8) is 0 Å². The van der Waals surface area contributed by atoms with Crippen molar-refractivity contribution in [2.75, 3.05) is 12.3 Å². The number of aliphatic hydroxyl groups is 1. The van der Waals surface area contributed by atoms with Crippen molar-refractivity contribution in [2.45, 2.75) is 19.4 Å². The molecule has 0 aliphatic rings. The summed E-state index contributed by atoms with van der Waals surface area (Å²) in [6, 6.07) is 5.01. The van der Waals surface area contributed by atoms with Crippen molar-refractivity contribution < 1.29 is 14.6 Å². The summed E-state index contributed by atoms with van der Waals surface area (Å²) in [6.07, 6.45) is -0.0526. The van der Waals surface area contributed by atoms with Gasteiger partial charge in [0.15, 0.2) is 0 Å². The van der Waals surface area contributed by atoms with Crippen LogP contribution in [0.1, 0.15) is 23.7 Å². The Balaban J connectivity index is 2.63. The van der Waals surface area contributed by atoms with E-state index in [9.17, 15) is 4.79 Å². The summed E-state index contributed by atoms with van der Waals surface area (Å²) >= 11 is 3.23. The average molecular weight is 288 g/mol. The molecule has 1 atom stereocenters. The van der Waals surface area contributed by atoms with E-state index in [1.54, 1.807) is 25.1 Å². The van der Waals surface area contributed by atoms with E-state index in [2.05, 4.69) is 15.9 Å².